The zero-order valence-electron chi connectivity index (χ0n) is 12.9. The van der Waals surface area contributed by atoms with E-state index in [0.717, 1.165) is 25.0 Å². The number of anilines is 1. The number of benzene rings is 1. The highest BCUT2D eigenvalue weighted by atomic mass is 16.5. The Hall–Kier alpha value is -2.08. The third kappa shape index (κ3) is 5.37. The summed E-state index contributed by atoms with van der Waals surface area (Å²) in [5, 5.41) is 8.23. The zero-order valence-corrected chi connectivity index (χ0v) is 12.9. The maximum atomic E-state index is 11.8. The van der Waals surface area contributed by atoms with Gasteiger partial charge in [0.25, 0.3) is 0 Å². The van der Waals surface area contributed by atoms with Crippen LogP contribution >= 0.6 is 0 Å². The number of ether oxygens (including phenoxy) is 1. The molecule has 0 radical (unpaired) electrons. The third-order valence-electron chi connectivity index (χ3n) is 3.66. The first kappa shape index (κ1) is 16.3. The monoisotopic (exact) mass is 305 g/mol. The second-order valence-corrected chi connectivity index (χ2v) is 5.47. The van der Waals surface area contributed by atoms with Crippen molar-refractivity contribution in [2.24, 2.45) is 5.92 Å². The molecule has 1 atom stereocenters. The molecule has 0 bridgehead atoms. The van der Waals surface area contributed by atoms with Gasteiger partial charge in [0.15, 0.2) is 0 Å². The Morgan fingerprint density at radius 3 is 2.68 bits per heavy atom. The summed E-state index contributed by atoms with van der Waals surface area (Å²) in [6.45, 7) is 2.17. The summed E-state index contributed by atoms with van der Waals surface area (Å²) in [4.78, 5) is 23.1. The van der Waals surface area contributed by atoms with E-state index < -0.39 is 0 Å². The average Bonchev–Trinajstić information content (AvgIpc) is 2.55. The molecule has 1 unspecified atom stereocenters. The van der Waals surface area contributed by atoms with Gasteiger partial charge >= 0.3 is 6.03 Å². The summed E-state index contributed by atoms with van der Waals surface area (Å²) in [5.74, 6) is 0.364. The molecule has 22 heavy (non-hydrogen) atoms. The Labute approximate surface area is 130 Å². The lowest BCUT2D eigenvalue weighted by Gasteiger charge is -2.22. The van der Waals surface area contributed by atoms with Crippen molar-refractivity contribution < 1.29 is 14.3 Å². The summed E-state index contributed by atoms with van der Waals surface area (Å²) in [6, 6.07) is 7.03. The van der Waals surface area contributed by atoms with Crippen LogP contribution in [0.25, 0.3) is 0 Å². The van der Waals surface area contributed by atoms with E-state index >= 15 is 0 Å². The molecule has 3 N–H and O–H groups in total. The fourth-order valence-corrected chi connectivity index (χ4v) is 2.36. The molecule has 1 saturated heterocycles. The maximum Gasteiger partial charge on any atom is 0.319 e. The molecular weight excluding hydrogens is 282 g/mol. The summed E-state index contributed by atoms with van der Waals surface area (Å²) < 4.78 is 5.38. The summed E-state index contributed by atoms with van der Waals surface area (Å²) in [5.41, 5.74) is 1.61. The first-order valence-corrected chi connectivity index (χ1v) is 7.59. The minimum atomic E-state index is -0.218. The molecule has 1 aliphatic rings. The van der Waals surface area contributed by atoms with Crippen molar-refractivity contribution in [2.75, 3.05) is 32.1 Å². The molecule has 0 aliphatic carbocycles. The number of carbonyl (C=O) groups excluding carboxylic acids is 2. The minimum Gasteiger partial charge on any atom is -0.381 e. The topological polar surface area (TPSA) is 79.5 Å². The molecule has 1 aromatic carbocycles. The molecule has 1 aliphatic heterocycles. The molecule has 1 heterocycles. The van der Waals surface area contributed by atoms with Crippen LogP contribution in [0.2, 0.25) is 0 Å². The number of nitrogens with one attached hydrogen (secondary N) is 3. The minimum absolute atomic E-state index is 0.0341. The van der Waals surface area contributed by atoms with E-state index in [1.807, 2.05) is 12.1 Å². The lowest BCUT2D eigenvalue weighted by atomic mass is 10.0. The fraction of sp³-hybridized carbons (Fsp3) is 0.500. The van der Waals surface area contributed by atoms with E-state index in [1.54, 1.807) is 19.2 Å². The van der Waals surface area contributed by atoms with E-state index in [4.69, 9.17) is 4.74 Å². The fourth-order valence-electron chi connectivity index (χ4n) is 2.36. The predicted octanol–water partition coefficient (Wildman–Crippen LogP) is 1.52. The van der Waals surface area contributed by atoms with Crippen molar-refractivity contribution in [1.29, 1.82) is 0 Å². The van der Waals surface area contributed by atoms with Gasteiger partial charge in [-0.2, -0.15) is 0 Å². The van der Waals surface area contributed by atoms with Crippen LogP contribution in [0.5, 0.6) is 0 Å². The van der Waals surface area contributed by atoms with Crippen molar-refractivity contribution in [1.82, 2.24) is 10.6 Å². The number of carbonyl (C=O) groups is 2. The highest BCUT2D eigenvalue weighted by Gasteiger charge is 2.14. The van der Waals surface area contributed by atoms with Gasteiger partial charge in [0.2, 0.25) is 5.91 Å². The van der Waals surface area contributed by atoms with Crippen molar-refractivity contribution in [3.63, 3.8) is 0 Å². The lowest BCUT2D eigenvalue weighted by Crippen LogP contribution is -2.35. The van der Waals surface area contributed by atoms with Gasteiger partial charge in [-0.25, -0.2) is 4.79 Å². The lowest BCUT2D eigenvalue weighted by molar-refractivity contribution is -0.119. The van der Waals surface area contributed by atoms with Crippen LogP contribution in [0, 0.1) is 5.92 Å². The second kappa shape index (κ2) is 8.38. The molecule has 6 nitrogen and oxygen atoms in total. The highest BCUT2D eigenvalue weighted by Crippen LogP contribution is 2.13. The molecular formula is C16H23N3O3. The molecule has 0 spiro atoms. The molecule has 1 fully saturated rings. The first-order valence-electron chi connectivity index (χ1n) is 7.59. The SMILES string of the molecule is CNC(=O)Cc1ccc(NC(=O)NCC2CCCOC2)cc1. The number of likely N-dealkylation sites (N-methyl/N-ethyl adjacent to an activating group) is 1. The Balaban J connectivity index is 1.75. The number of rotatable bonds is 5. The molecule has 3 amide bonds. The Bertz CT molecular complexity index is 496. The van der Waals surface area contributed by atoms with Crippen LogP contribution in [0.3, 0.4) is 0 Å². The molecule has 2 rings (SSSR count). The van der Waals surface area contributed by atoms with Crippen molar-refractivity contribution in [3.8, 4) is 0 Å². The van der Waals surface area contributed by atoms with Gasteiger partial charge in [0, 0.05) is 25.9 Å². The van der Waals surface area contributed by atoms with E-state index in [1.165, 1.54) is 0 Å². The smallest absolute Gasteiger partial charge is 0.319 e. The van der Waals surface area contributed by atoms with Crippen molar-refractivity contribution in [2.45, 2.75) is 19.3 Å². The first-order chi connectivity index (χ1) is 10.7. The van der Waals surface area contributed by atoms with Crippen LogP contribution in [0.4, 0.5) is 10.5 Å². The molecule has 0 aromatic heterocycles. The van der Waals surface area contributed by atoms with Crippen LogP contribution < -0.4 is 16.0 Å². The summed E-state index contributed by atoms with van der Waals surface area (Å²) >= 11 is 0. The van der Waals surface area contributed by atoms with Crippen molar-refractivity contribution in [3.05, 3.63) is 29.8 Å². The van der Waals surface area contributed by atoms with Gasteiger partial charge < -0.3 is 20.7 Å². The normalized spacial score (nSPS) is 17.6. The zero-order chi connectivity index (χ0) is 15.8. The maximum absolute atomic E-state index is 11.8. The van der Waals surface area contributed by atoms with Crippen LogP contribution in [-0.4, -0.2) is 38.7 Å². The van der Waals surface area contributed by atoms with Gasteiger partial charge in [0.05, 0.1) is 13.0 Å². The average molecular weight is 305 g/mol. The Kier molecular flexibility index (Phi) is 6.21. The van der Waals surface area contributed by atoms with Gasteiger partial charge in [-0.1, -0.05) is 12.1 Å². The molecule has 6 heteroatoms. The number of urea groups is 1. The number of hydrogen-bond acceptors (Lipinski definition) is 3. The summed E-state index contributed by atoms with van der Waals surface area (Å²) in [6.07, 6.45) is 2.49. The Morgan fingerprint density at radius 1 is 1.27 bits per heavy atom. The molecule has 120 valence electrons. The van der Waals surface area contributed by atoms with Gasteiger partial charge in [0.1, 0.15) is 0 Å². The number of hydrogen-bond donors (Lipinski definition) is 3. The summed E-state index contributed by atoms with van der Waals surface area (Å²) in [7, 11) is 1.61. The second-order valence-electron chi connectivity index (χ2n) is 5.47. The van der Waals surface area contributed by atoms with Crippen molar-refractivity contribution >= 4 is 17.6 Å². The van der Waals surface area contributed by atoms with Gasteiger partial charge in [-0.05, 0) is 36.5 Å². The Morgan fingerprint density at radius 2 is 2.05 bits per heavy atom. The van der Waals surface area contributed by atoms with E-state index in [-0.39, 0.29) is 11.9 Å². The van der Waals surface area contributed by atoms with E-state index in [0.29, 0.717) is 31.2 Å². The largest absolute Gasteiger partial charge is 0.381 e. The van der Waals surface area contributed by atoms with Crippen LogP contribution in [0.15, 0.2) is 24.3 Å². The van der Waals surface area contributed by atoms with Crippen LogP contribution in [-0.2, 0) is 16.0 Å². The van der Waals surface area contributed by atoms with Crippen LogP contribution in [0.1, 0.15) is 18.4 Å². The van der Waals surface area contributed by atoms with E-state index in [2.05, 4.69) is 16.0 Å². The standard InChI is InChI=1S/C16H23N3O3/c1-17-15(20)9-12-4-6-14(7-5-12)19-16(21)18-10-13-3-2-8-22-11-13/h4-7,13H,2-3,8-11H2,1H3,(H,17,20)(H2,18,19,21). The van der Waals surface area contributed by atoms with E-state index in [9.17, 15) is 9.59 Å². The number of amides is 3. The predicted molar refractivity (Wildman–Crippen MR) is 84.8 cm³/mol. The molecule has 1 aromatic rings. The highest BCUT2D eigenvalue weighted by molar-refractivity contribution is 5.89. The quantitative estimate of drug-likeness (QED) is 0.772. The van der Waals surface area contributed by atoms with Gasteiger partial charge in [-0.15, -0.1) is 0 Å². The van der Waals surface area contributed by atoms with Gasteiger partial charge in [-0.3, -0.25) is 4.79 Å². The molecule has 0 saturated carbocycles. The third-order valence-corrected chi connectivity index (χ3v) is 3.66.